The van der Waals surface area contributed by atoms with Gasteiger partial charge in [-0.15, -0.1) is 0 Å². The lowest BCUT2D eigenvalue weighted by molar-refractivity contribution is -0.125. The number of primary amides is 1. The van der Waals surface area contributed by atoms with Gasteiger partial charge in [0.15, 0.2) is 0 Å². The molecule has 3 nitrogen and oxygen atoms in total. The highest BCUT2D eigenvalue weighted by atomic mass is 16.5. The third-order valence-electron chi connectivity index (χ3n) is 3.22. The molecule has 0 radical (unpaired) electrons. The Labute approximate surface area is 72.3 Å². The van der Waals surface area contributed by atoms with Gasteiger partial charge >= 0.3 is 0 Å². The Hall–Kier alpha value is -0.570. The summed E-state index contributed by atoms with van der Waals surface area (Å²) in [6, 6.07) is 0. The zero-order valence-electron chi connectivity index (χ0n) is 7.38. The first-order chi connectivity index (χ1) is 5.70. The number of carbonyl (C=O) groups is 1. The van der Waals surface area contributed by atoms with Crippen molar-refractivity contribution in [3.63, 3.8) is 0 Å². The molecule has 2 N–H and O–H groups in total. The molecule has 0 heterocycles. The second kappa shape index (κ2) is 2.46. The van der Waals surface area contributed by atoms with Crippen molar-refractivity contribution in [3.8, 4) is 0 Å². The van der Waals surface area contributed by atoms with Crippen LogP contribution in [0, 0.1) is 17.3 Å². The molecule has 0 aromatic carbocycles. The van der Waals surface area contributed by atoms with E-state index in [2.05, 4.69) is 0 Å². The Kier molecular flexibility index (Phi) is 1.65. The van der Waals surface area contributed by atoms with Crippen LogP contribution in [0.1, 0.15) is 19.3 Å². The van der Waals surface area contributed by atoms with E-state index in [-0.39, 0.29) is 11.3 Å². The van der Waals surface area contributed by atoms with Gasteiger partial charge in [-0.3, -0.25) is 4.79 Å². The molecule has 0 spiro atoms. The minimum atomic E-state index is -0.282. The highest BCUT2D eigenvalue weighted by Crippen LogP contribution is 2.62. The summed E-state index contributed by atoms with van der Waals surface area (Å²) in [6.45, 7) is 0.517. The van der Waals surface area contributed by atoms with E-state index < -0.39 is 0 Å². The maximum absolute atomic E-state index is 11.2. The summed E-state index contributed by atoms with van der Waals surface area (Å²) in [6.07, 6.45) is 3.52. The van der Waals surface area contributed by atoms with Crippen LogP contribution >= 0.6 is 0 Å². The number of ether oxygens (including phenoxy) is 1. The van der Waals surface area contributed by atoms with Crippen LogP contribution in [0.25, 0.3) is 0 Å². The Morgan fingerprint density at radius 1 is 1.67 bits per heavy atom. The van der Waals surface area contributed by atoms with Crippen molar-refractivity contribution in [1.29, 1.82) is 0 Å². The number of carbonyl (C=O) groups excluding carboxylic acids is 1. The van der Waals surface area contributed by atoms with Gasteiger partial charge in [0.1, 0.15) is 0 Å². The fourth-order valence-corrected chi connectivity index (χ4v) is 2.23. The molecule has 0 aromatic rings. The van der Waals surface area contributed by atoms with E-state index in [9.17, 15) is 4.79 Å². The van der Waals surface area contributed by atoms with Gasteiger partial charge in [0.05, 0.1) is 12.0 Å². The van der Waals surface area contributed by atoms with Gasteiger partial charge in [0.2, 0.25) is 5.91 Å². The van der Waals surface area contributed by atoms with Crippen molar-refractivity contribution in [2.45, 2.75) is 19.3 Å². The molecule has 0 aliphatic heterocycles. The average Bonchev–Trinajstić information content (AvgIpc) is 2.80. The molecule has 1 amide bonds. The van der Waals surface area contributed by atoms with Gasteiger partial charge in [-0.25, -0.2) is 0 Å². The van der Waals surface area contributed by atoms with Crippen molar-refractivity contribution in [3.05, 3.63) is 0 Å². The highest BCUT2D eigenvalue weighted by molar-refractivity contribution is 5.84. The Morgan fingerprint density at radius 2 is 2.33 bits per heavy atom. The molecule has 3 heteroatoms. The van der Waals surface area contributed by atoms with E-state index in [1.54, 1.807) is 7.11 Å². The molecular weight excluding hydrogens is 154 g/mol. The van der Waals surface area contributed by atoms with Gasteiger partial charge in [0.25, 0.3) is 0 Å². The Morgan fingerprint density at radius 3 is 2.75 bits per heavy atom. The topological polar surface area (TPSA) is 52.3 Å². The van der Waals surface area contributed by atoms with Crippen molar-refractivity contribution in [2.75, 3.05) is 13.7 Å². The first-order valence-corrected chi connectivity index (χ1v) is 4.49. The molecular formula is C9H15NO2. The second-order valence-corrected chi connectivity index (χ2v) is 4.10. The SMILES string of the molecule is COCC1(C(N)=O)CC1C1CC1. The summed E-state index contributed by atoms with van der Waals surface area (Å²) in [7, 11) is 1.63. The number of amides is 1. The summed E-state index contributed by atoms with van der Waals surface area (Å²) in [5.74, 6) is 1.14. The van der Waals surface area contributed by atoms with Crippen LogP contribution in [0.5, 0.6) is 0 Å². The lowest BCUT2D eigenvalue weighted by Crippen LogP contribution is -2.31. The molecule has 68 valence electrons. The maximum atomic E-state index is 11.2. The average molecular weight is 169 g/mol. The van der Waals surface area contributed by atoms with Crippen LogP contribution < -0.4 is 5.73 Å². The zero-order valence-corrected chi connectivity index (χ0v) is 7.38. The smallest absolute Gasteiger partial charge is 0.226 e. The van der Waals surface area contributed by atoms with Crippen LogP contribution in [-0.4, -0.2) is 19.6 Å². The van der Waals surface area contributed by atoms with E-state index in [0.717, 1.165) is 12.3 Å². The van der Waals surface area contributed by atoms with Gasteiger partial charge in [-0.05, 0) is 31.1 Å². The van der Waals surface area contributed by atoms with Crippen LogP contribution in [0.3, 0.4) is 0 Å². The molecule has 12 heavy (non-hydrogen) atoms. The van der Waals surface area contributed by atoms with Gasteiger partial charge in [0, 0.05) is 7.11 Å². The molecule has 2 aliphatic rings. The molecule has 2 fully saturated rings. The van der Waals surface area contributed by atoms with Crippen LogP contribution in [0.4, 0.5) is 0 Å². The standard InChI is InChI=1S/C9H15NO2/c1-12-5-9(8(10)11)4-7(9)6-2-3-6/h6-7H,2-5H2,1H3,(H2,10,11). The first kappa shape index (κ1) is 8.05. The predicted octanol–water partition coefficient (Wildman–Crippen LogP) is 0.534. The molecule has 0 aromatic heterocycles. The molecule has 2 saturated carbocycles. The van der Waals surface area contributed by atoms with Crippen LogP contribution in [0.15, 0.2) is 0 Å². The van der Waals surface area contributed by atoms with Crippen LogP contribution in [-0.2, 0) is 9.53 Å². The minimum absolute atomic E-state index is 0.166. The van der Waals surface area contributed by atoms with E-state index >= 15 is 0 Å². The maximum Gasteiger partial charge on any atom is 0.226 e. The minimum Gasteiger partial charge on any atom is -0.384 e. The third-order valence-corrected chi connectivity index (χ3v) is 3.22. The molecule has 2 unspecified atom stereocenters. The Bertz CT molecular complexity index is 213. The van der Waals surface area contributed by atoms with E-state index in [4.69, 9.17) is 10.5 Å². The first-order valence-electron chi connectivity index (χ1n) is 4.49. The fourth-order valence-electron chi connectivity index (χ4n) is 2.23. The number of hydrogen-bond donors (Lipinski definition) is 1. The fraction of sp³-hybridized carbons (Fsp3) is 0.889. The van der Waals surface area contributed by atoms with Gasteiger partial charge < -0.3 is 10.5 Å². The van der Waals surface area contributed by atoms with Crippen molar-refractivity contribution >= 4 is 5.91 Å². The van der Waals surface area contributed by atoms with Gasteiger partial charge in [-0.2, -0.15) is 0 Å². The van der Waals surface area contributed by atoms with Crippen molar-refractivity contribution < 1.29 is 9.53 Å². The zero-order chi connectivity index (χ0) is 8.77. The lowest BCUT2D eigenvalue weighted by Gasteiger charge is -2.11. The molecule has 0 saturated heterocycles. The largest absolute Gasteiger partial charge is 0.384 e. The van der Waals surface area contributed by atoms with Crippen molar-refractivity contribution in [1.82, 2.24) is 0 Å². The summed E-state index contributed by atoms with van der Waals surface area (Å²) in [4.78, 5) is 11.2. The van der Waals surface area contributed by atoms with Crippen molar-refractivity contribution in [2.24, 2.45) is 23.0 Å². The summed E-state index contributed by atoms with van der Waals surface area (Å²) >= 11 is 0. The monoisotopic (exact) mass is 169 g/mol. The van der Waals surface area contributed by atoms with Crippen LogP contribution in [0.2, 0.25) is 0 Å². The molecule has 0 bridgehead atoms. The number of hydrogen-bond acceptors (Lipinski definition) is 2. The van der Waals surface area contributed by atoms with Gasteiger partial charge in [-0.1, -0.05) is 0 Å². The Balaban J connectivity index is 2.01. The molecule has 2 rings (SSSR count). The normalized spacial score (nSPS) is 39.6. The predicted molar refractivity (Wildman–Crippen MR) is 44.3 cm³/mol. The highest BCUT2D eigenvalue weighted by Gasteiger charge is 2.63. The quantitative estimate of drug-likeness (QED) is 0.667. The third kappa shape index (κ3) is 1.04. The number of methoxy groups -OCH3 is 1. The number of rotatable bonds is 4. The van der Waals surface area contributed by atoms with E-state index in [0.29, 0.717) is 12.5 Å². The number of nitrogens with two attached hydrogens (primary N) is 1. The molecule has 2 aliphatic carbocycles. The lowest BCUT2D eigenvalue weighted by atomic mass is 10.0. The van der Waals surface area contributed by atoms with E-state index in [1.165, 1.54) is 12.8 Å². The second-order valence-electron chi connectivity index (χ2n) is 4.10. The molecule has 2 atom stereocenters. The summed E-state index contributed by atoms with van der Waals surface area (Å²) in [5.41, 5.74) is 5.07. The summed E-state index contributed by atoms with van der Waals surface area (Å²) in [5, 5.41) is 0. The van der Waals surface area contributed by atoms with E-state index in [1.807, 2.05) is 0 Å². The summed E-state index contributed by atoms with van der Waals surface area (Å²) < 4.78 is 5.04.